The van der Waals surface area contributed by atoms with Crippen LogP contribution in [0.25, 0.3) is 0 Å². The SMILES string of the molecule is C=CC1N=CN=C(NC(=O)NC2CCN(C(=O)C(F)(F)F)CC2)C1N=CN(CCCCC)C(CC)C1C=C(F)C=CC1F.CC. The van der Waals surface area contributed by atoms with Crippen molar-refractivity contribution in [1.29, 1.82) is 0 Å². The normalized spacial score (nSPS) is 24.2. The predicted octanol–water partition coefficient (Wildman–Crippen LogP) is 5.91. The number of piperidine rings is 1. The topological polar surface area (TPSA) is 102 Å². The average molecular weight is 644 g/mol. The van der Waals surface area contributed by atoms with Crippen LogP contribution >= 0.6 is 0 Å². The standard InChI is InChI=1S/C29H40F5N7O2.C2H6/c1-4-7-8-13-41(24(6-3)21-16-19(30)9-10-22(21)31)18-37-25-23(5-2)35-17-36-26(25)39-28(43)38-20-11-14-40(15-12-20)27(42)29(32,33)34;1-2/h5,9-10,16-18,20-25H,2,4,6-8,11-15H2,1,3H3,(H2,35,36,38,39,43);1-2H3. The lowest BCUT2D eigenvalue weighted by Crippen LogP contribution is -2.54. The summed E-state index contributed by atoms with van der Waals surface area (Å²) in [6, 6.07) is -2.79. The summed E-state index contributed by atoms with van der Waals surface area (Å²) in [6.07, 6.45) is 5.35. The highest BCUT2D eigenvalue weighted by atomic mass is 19.4. The summed E-state index contributed by atoms with van der Waals surface area (Å²) in [5.74, 6) is -2.91. The summed E-state index contributed by atoms with van der Waals surface area (Å²) in [4.78, 5) is 40.1. The first-order chi connectivity index (χ1) is 21.5. The second-order valence-corrected chi connectivity index (χ2v) is 10.7. The molecule has 0 radical (unpaired) electrons. The van der Waals surface area contributed by atoms with Gasteiger partial charge in [0.2, 0.25) is 0 Å². The minimum absolute atomic E-state index is 0.135. The molecule has 0 aromatic rings. The molecular weight excluding hydrogens is 597 g/mol. The zero-order chi connectivity index (χ0) is 33.6. The van der Waals surface area contributed by atoms with E-state index >= 15 is 0 Å². The van der Waals surface area contributed by atoms with Gasteiger partial charge in [0.15, 0.2) is 0 Å². The highest BCUT2D eigenvalue weighted by molar-refractivity contribution is 6.05. The number of likely N-dealkylation sites (tertiary alicyclic amines) is 1. The van der Waals surface area contributed by atoms with Crippen LogP contribution in [0.5, 0.6) is 0 Å². The molecule has 0 bridgehead atoms. The molecule has 1 aliphatic carbocycles. The Morgan fingerprint density at radius 2 is 1.91 bits per heavy atom. The fourth-order valence-electron chi connectivity index (χ4n) is 5.40. The van der Waals surface area contributed by atoms with E-state index in [0.29, 0.717) is 13.0 Å². The third-order valence-electron chi connectivity index (χ3n) is 7.72. The van der Waals surface area contributed by atoms with Crippen molar-refractivity contribution < 1.29 is 31.5 Å². The lowest BCUT2D eigenvalue weighted by molar-refractivity contribution is -0.186. The van der Waals surface area contributed by atoms with Gasteiger partial charge in [0.25, 0.3) is 0 Å². The van der Waals surface area contributed by atoms with Crippen LogP contribution in [-0.2, 0) is 4.79 Å². The van der Waals surface area contributed by atoms with Gasteiger partial charge < -0.3 is 15.1 Å². The molecule has 5 unspecified atom stereocenters. The molecule has 1 saturated heterocycles. The van der Waals surface area contributed by atoms with Crippen molar-refractivity contribution in [3.05, 3.63) is 36.7 Å². The Balaban J connectivity index is 0.00000345. The summed E-state index contributed by atoms with van der Waals surface area (Å²) < 4.78 is 67.2. The molecule has 3 aliphatic rings. The summed E-state index contributed by atoms with van der Waals surface area (Å²) in [7, 11) is 0. The number of halogens is 5. The van der Waals surface area contributed by atoms with Gasteiger partial charge in [-0.1, -0.05) is 46.6 Å². The Morgan fingerprint density at radius 1 is 1.22 bits per heavy atom. The number of carbonyl (C=O) groups excluding carboxylic acids is 2. The lowest BCUT2D eigenvalue weighted by atomic mass is 9.88. The van der Waals surface area contributed by atoms with Crippen molar-refractivity contribution >= 4 is 30.5 Å². The third kappa shape index (κ3) is 11.1. The molecule has 0 aromatic carbocycles. The lowest BCUT2D eigenvalue weighted by Gasteiger charge is -2.36. The Bertz CT molecular complexity index is 1130. The van der Waals surface area contributed by atoms with Gasteiger partial charge in [-0.25, -0.2) is 18.6 Å². The summed E-state index contributed by atoms with van der Waals surface area (Å²) in [5.41, 5.74) is 0. The summed E-state index contributed by atoms with van der Waals surface area (Å²) in [5, 5.41) is 5.40. The highest BCUT2D eigenvalue weighted by Crippen LogP contribution is 2.29. The number of hydrogen-bond donors (Lipinski definition) is 2. The van der Waals surface area contributed by atoms with E-state index in [-0.39, 0.29) is 37.8 Å². The minimum Gasteiger partial charge on any atom is -0.359 e. The number of amides is 3. The maximum Gasteiger partial charge on any atom is 0.471 e. The molecule has 0 spiro atoms. The first kappa shape index (κ1) is 37.6. The number of nitrogens with one attached hydrogen (secondary N) is 2. The van der Waals surface area contributed by atoms with E-state index in [1.165, 1.54) is 18.5 Å². The Kier molecular flexibility index (Phi) is 15.4. The number of alkyl halides is 4. The van der Waals surface area contributed by atoms with E-state index < -0.39 is 54.2 Å². The van der Waals surface area contributed by atoms with Crippen LogP contribution < -0.4 is 10.6 Å². The van der Waals surface area contributed by atoms with Crippen molar-refractivity contribution in [3.63, 3.8) is 0 Å². The van der Waals surface area contributed by atoms with E-state index in [9.17, 15) is 31.5 Å². The zero-order valence-electron chi connectivity index (χ0n) is 26.4. The first-order valence-corrected chi connectivity index (χ1v) is 15.6. The molecule has 252 valence electrons. The smallest absolute Gasteiger partial charge is 0.359 e. The van der Waals surface area contributed by atoms with Crippen molar-refractivity contribution in [3.8, 4) is 0 Å². The Hall–Kier alpha value is -3.58. The van der Waals surface area contributed by atoms with Crippen molar-refractivity contribution in [1.82, 2.24) is 20.4 Å². The Morgan fingerprint density at radius 3 is 2.51 bits per heavy atom. The first-order valence-electron chi connectivity index (χ1n) is 15.6. The number of rotatable bonds is 11. The number of amidine groups is 1. The minimum atomic E-state index is -4.94. The van der Waals surface area contributed by atoms with Gasteiger partial charge in [0.1, 0.15) is 30.2 Å². The largest absolute Gasteiger partial charge is 0.471 e. The van der Waals surface area contributed by atoms with Gasteiger partial charge in [0, 0.05) is 37.6 Å². The number of hydrogen-bond acceptors (Lipinski definition) is 5. The van der Waals surface area contributed by atoms with E-state index in [1.807, 2.05) is 25.7 Å². The molecule has 0 aromatic heterocycles. The van der Waals surface area contributed by atoms with Crippen LogP contribution in [-0.4, -0.2) is 96.4 Å². The highest BCUT2D eigenvalue weighted by Gasteiger charge is 2.43. The van der Waals surface area contributed by atoms with Crippen molar-refractivity contribution in [2.75, 3.05) is 19.6 Å². The molecular formula is C31H46F5N7O2. The third-order valence-corrected chi connectivity index (χ3v) is 7.72. The predicted molar refractivity (Wildman–Crippen MR) is 168 cm³/mol. The molecule has 14 heteroatoms. The summed E-state index contributed by atoms with van der Waals surface area (Å²) >= 11 is 0. The fourth-order valence-corrected chi connectivity index (χ4v) is 5.40. The number of unbranched alkanes of at least 4 members (excludes halogenated alkanes) is 2. The maximum absolute atomic E-state index is 14.9. The number of nitrogens with zero attached hydrogens (tertiary/aromatic N) is 5. The van der Waals surface area contributed by atoms with E-state index in [0.717, 1.165) is 30.2 Å². The van der Waals surface area contributed by atoms with Gasteiger partial charge in [-0.2, -0.15) is 13.2 Å². The molecule has 0 saturated carbocycles. The second kappa shape index (κ2) is 18.4. The van der Waals surface area contributed by atoms with Crippen LogP contribution in [0.1, 0.15) is 66.2 Å². The molecule has 3 rings (SSSR count). The molecule has 45 heavy (non-hydrogen) atoms. The molecule has 5 atom stereocenters. The average Bonchev–Trinajstić information content (AvgIpc) is 3.02. The molecule has 2 N–H and O–H groups in total. The van der Waals surface area contributed by atoms with Gasteiger partial charge in [-0.3, -0.25) is 20.1 Å². The number of urea groups is 1. The molecule has 1 fully saturated rings. The van der Waals surface area contributed by atoms with Crippen molar-refractivity contribution in [2.45, 2.75) is 103 Å². The van der Waals surface area contributed by atoms with E-state index in [4.69, 9.17) is 4.99 Å². The zero-order valence-corrected chi connectivity index (χ0v) is 26.4. The number of carbonyl (C=O) groups is 2. The van der Waals surface area contributed by atoms with Crippen LogP contribution in [0.2, 0.25) is 0 Å². The monoisotopic (exact) mass is 643 g/mol. The van der Waals surface area contributed by atoms with Gasteiger partial charge >= 0.3 is 18.1 Å². The van der Waals surface area contributed by atoms with Crippen LogP contribution in [0, 0.1) is 5.92 Å². The molecule has 3 amide bonds. The van der Waals surface area contributed by atoms with Crippen LogP contribution in [0.3, 0.4) is 0 Å². The summed E-state index contributed by atoms with van der Waals surface area (Å²) in [6.45, 7) is 12.1. The van der Waals surface area contributed by atoms with Gasteiger partial charge in [-0.05, 0) is 43.9 Å². The second-order valence-electron chi connectivity index (χ2n) is 10.7. The Labute approximate surface area is 262 Å². The van der Waals surface area contributed by atoms with E-state index in [1.54, 1.807) is 12.4 Å². The fraction of sp³-hybridized carbons (Fsp3) is 0.645. The van der Waals surface area contributed by atoms with Gasteiger partial charge in [-0.15, -0.1) is 6.58 Å². The quantitative estimate of drug-likeness (QED) is 0.0963. The molecule has 2 heterocycles. The number of allylic oxidation sites excluding steroid dienone is 3. The number of aliphatic imine (C=N–C) groups is 3. The molecule has 2 aliphatic heterocycles. The van der Waals surface area contributed by atoms with Crippen LogP contribution in [0.4, 0.5) is 26.7 Å². The van der Waals surface area contributed by atoms with Crippen molar-refractivity contribution in [2.24, 2.45) is 20.9 Å². The van der Waals surface area contributed by atoms with Crippen LogP contribution in [0.15, 0.2) is 51.7 Å². The van der Waals surface area contributed by atoms with E-state index in [2.05, 4.69) is 34.1 Å². The molecule has 9 nitrogen and oxygen atoms in total. The van der Waals surface area contributed by atoms with Gasteiger partial charge in [0.05, 0.1) is 12.4 Å². The maximum atomic E-state index is 14.9.